The molecule has 1 rings (SSSR count). The van der Waals surface area contributed by atoms with E-state index in [1.54, 1.807) is 0 Å². The zero-order valence-corrected chi connectivity index (χ0v) is 10.2. The van der Waals surface area contributed by atoms with Gasteiger partial charge >= 0.3 is 0 Å². The predicted octanol–water partition coefficient (Wildman–Crippen LogP) is 2.67. The molecule has 0 saturated heterocycles. The number of unbranched alkanes of at least 4 members (excludes halogenated alkanes) is 2. The summed E-state index contributed by atoms with van der Waals surface area (Å²) in [6, 6.07) is 9.75. The van der Waals surface area contributed by atoms with Gasteiger partial charge in [-0.3, -0.25) is 4.79 Å². The maximum absolute atomic E-state index is 11.9. The largest absolute Gasteiger partial charge is 0.352 e. The highest BCUT2D eigenvalue weighted by Crippen LogP contribution is 2.09. The minimum Gasteiger partial charge on any atom is -0.352 e. The molecule has 0 radical (unpaired) electrons. The van der Waals surface area contributed by atoms with Gasteiger partial charge in [0, 0.05) is 18.5 Å². The van der Waals surface area contributed by atoms with Crippen LogP contribution in [0.3, 0.4) is 0 Å². The van der Waals surface area contributed by atoms with E-state index >= 15 is 0 Å². The van der Waals surface area contributed by atoms with Crippen LogP contribution in [0.4, 0.5) is 0 Å². The van der Waals surface area contributed by atoms with Gasteiger partial charge in [-0.05, 0) is 30.9 Å². The molecule has 0 aromatic heterocycles. The molecule has 1 amide bonds. The van der Waals surface area contributed by atoms with Crippen molar-refractivity contribution >= 4 is 5.91 Å². The normalized spacial score (nSPS) is 9.65. The van der Waals surface area contributed by atoms with Crippen LogP contribution in [-0.2, 0) is 6.42 Å². The number of rotatable bonds is 6. The molecule has 17 heavy (non-hydrogen) atoms. The number of nitrogens with one attached hydrogen (secondary N) is 1. The van der Waals surface area contributed by atoms with Crippen LogP contribution in [0, 0.1) is 11.3 Å². The van der Waals surface area contributed by atoms with Crippen LogP contribution in [0.2, 0.25) is 0 Å². The Balaban J connectivity index is 2.44. The van der Waals surface area contributed by atoms with E-state index in [9.17, 15) is 4.79 Å². The number of carbonyl (C=O) groups is 1. The summed E-state index contributed by atoms with van der Waals surface area (Å²) >= 11 is 0. The first-order valence-corrected chi connectivity index (χ1v) is 6.02. The van der Waals surface area contributed by atoms with Crippen molar-refractivity contribution in [3.05, 3.63) is 35.4 Å². The molecule has 1 N–H and O–H groups in total. The molecule has 0 aliphatic carbocycles. The number of hydrogen-bond donors (Lipinski definition) is 1. The lowest BCUT2D eigenvalue weighted by Gasteiger charge is -2.08. The second kappa shape index (κ2) is 7.45. The highest BCUT2D eigenvalue weighted by molar-refractivity contribution is 5.95. The fourth-order valence-electron chi connectivity index (χ4n) is 1.68. The van der Waals surface area contributed by atoms with Gasteiger partial charge in [-0.15, -0.1) is 0 Å². The Morgan fingerprint density at radius 1 is 1.35 bits per heavy atom. The fourth-order valence-corrected chi connectivity index (χ4v) is 1.68. The van der Waals surface area contributed by atoms with Crippen molar-refractivity contribution < 1.29 is 4.79 Å². The molecule has 0 spiro atoms. The summed E-state index contributed by atoms with van der Waals surface area (Å²) in [4.78, 5) is 11.9. The zero-order chi connectivity index (χ0) is 12.5. The Bertz CT molecular complexity index is 407. The smallest absolute Gasteiger partial charge is 0.251 e. The van der Waals surface area contributed by atoms with Crippen molar-refractivity contribution in [3.63, 3.8) is 0 Å². The third-order valence-electron chi connectivity index (χ3n) is 2.64. The predicted molar refractivity (Wildman–Crippen MR) is 67.6 cm³/mol. The first-order chi connectivity index (χ1) is 8.29. The Morgan fingerprint density at radius 3 is 2.82 bits per heavy atom. The van der Waals surface area contributed by atoms with E-state index in [0.717, 1.165) is 30.4 Å². The molecule has 0 atom stereocenters. The summed E-state index contributed by atoms with van der Waals surface area (Å²) in [7, 11) is 0. The average Bonchev–Trinajstić information content (AvgIpc) is 2.38. The summed E-state index contributed by atoms with van der Waals surface area (Å²) in [6.07, 6.45) is 3.11. The second-order valence-corrected chi connectivity index (χ2v) is 3.88. The first-order valence-electron chi connectivity index (χ1n) is 6.02. The van der Waals surface area contributed by atoms with Crippen LogP contribution < -0.4 is 5.32 Å². The minimum atomic E-state index is -0.0144. The third kappa shape index (κ3) is 4.28. The number of benzene rings is 1. The van der Waals surface area contributed by atoms with E-state index in [1.807, 2.05) is 31.2 Å². The van der Waals surface area contributed by atoms with Crippen LogP contribution in [0.15, 0.2) is 24.3 Å². The lowest BCUT2D eigenvalue weighted by Crippen LogP contribution is -2.25. The Kier molecular flexibility index (Phi) is 5.81. The van der Waals surface area contributed by atoms with Crippen LogP contribution in [0.5, 0.6) is 0 Å². The monoisotopic (exact) mass is 230 g/mol. The van der Waals surface area contributed by atoms with Crippen molar-refractivity contribution in [1.29, 1.82) is 5.26 Å². The molecular formula is C14H18N2O. The number of amides is 1. The van der Waals surface area contributed by atoms with Gasteiger partial charge in [-0.2, -0.15) is 5.26 Å². The molecule has 3 heteroatoms. The molecular weight excluding hydrogens is 212 g/mol. The van der Waals surface area contributed by atoms with Crippen molar-refractivity contribution in [2.45, 2.75) is 32.6 Å². The molecule has 1 aromatic carbocycles. The van der Waals surface area contributed by atoms with Gasteiger partial charge in [0.25, 0.3) is 5.91 Å². The number of aryl methyl sites for hydroxylation is 1. The summed E-state index contributed by atoms with van der Waals surface area (Å²) in [5.41, 5.74) is 1.83. The molecule has 0 heterocycles. The molecule has 0 aliphatic rings. The molecule has 0 saturated carbocycles. The fraction of sp³-hybridized carbons (Fsp3) is 0.429. The molecule has 0 aliphatic heterocycles. The van der Waals surface area contributed by atoms with Crippen LogP contribution in [0.1, 0.15) is 42.1 Å². The number of carbonyl (C=O) groups excluding carboxylic acids is 1. The molecule has 1 aromatic rings. The molecule has 90 valence electrons. The van der Waals surface area contributed by atoms with E-state index in [-0.39, 0.29) is 5.91 Å². The maximum Gasteiger partial charge on any atom is 0.251 e. The van der Waals surface area contributed by atoms with Crippen LogP contribution in [0.25, 0.3) is 0 Å². The standard InChI is InChI=1S/C14H18N2O/c1-2-12-8-4-5-9-13(12)14(17)16-11-7-3-6-10-15/h4-5,8-9H,2-3,6-7,11H2,1H3,(H,16,17). The van der Waals surface area contributed by atoms with Gasteiger partial charge in [-0.1, -0.05) is 25.1 Å². The van der Waals surface area contributed by atoms with E-state index in [2.05, 4.69) is 11.4 Å². The van der Waals surface area contributed by atoms with E-state index in [4.69, 9.17) is 5.26 Å². The Hall–Kier alpha value is -1.82. The van der Waals surface area contributed by atoms with Crippen molar-refractivity contribution in [3.8, 4) is 6.07 Å². The minimum absolute atomic E-state index is 0.0144. The van der Waals surface area contributed by atoms with Gasteiger partial charge in [0.15, 0.2) is 0 Å². The number of hydrogen-bond acceptors (Lipinski definition) is 2. The summed E-state index contributed by atoms with van der Waals surface area (Å²) in [6.45, 7) is 2.68. The molecule has 3 nitrogen and oxygen atoms in total. The lowest BCUT2D eigenvalue weighted by molar-refractivity contribution is 0.0952. The Morgan fingerprint density at radius 2 is 2.12 bits per heavy atom. The second-order valence-electron chi connectivity index (χ2n) is 3.88. The number of nitriles is 1. The lowest BCUT2D eigenvalue weighted by atomic mass is 10.0. The highest BCUT2D eigenvalue weighted by Gasteiger charge is 2.08. The van der Waals surface area contributed by atoms with E-state index < -0.39 is 0 Å². The first kappa shape index (κ1) is 13.2. The van der Waals surface area contributed by atoms with Crippen LogP contribution >= 0.6 is 0 Å². The van der Waals surface area contributed by atoms with Crippen molar-refractivity contribution in [2.24, 2.45) is 0 Å². The van der Waals surface area contributed by atoms with Gasteiger partial charge in [0.2, 0.25) is 0 Å². The highest BCUT2D eigenvalue weighted by atomic mass is 16.1. The van der Waals surface area contributed by atoms with Gasteiger partial charge < -0.3 is 5.32 Å². The average molecular weight is 230 g/mol. The summed E-state index contributed by atoms with van der Waals surface area (Å²) in [5.74, 6) is -0.0144. The topological polar surface area (TPSA) is 52.9 Å². The zero-order valence-electron chi connectivity index (χ0n) is 10.2. The van der Waals surface area contributed by atoms with Gasteiger partial charge in [0.1, 0.15) is 0 Å². The van der Waals surface area contributed by atoms with Crippen molar-refractivity contribution in [2.75, 3.05) is 6.54 Å². The Labute approximate surface area is 102 Å². The molecule has 0 unspecified atom stereocenters. The van der Waals surface area contributed by atoms with Gasteiger partial charge in [0.05, 0.1) is 6.07 Å². The van der Waals surface area contributed by atoms with E-state index in [1.165, 1.54) is 0 Å². The van der Waals surface area contributed by atoms with Gasteiger partial charge in [-0.25, -0.2) is 0 Å². The third-order valence-corrected chi connectivity index (χ3v) is 2.64. The quantitative estimate of drug-likeness (QED) is 0.764. The van der Waals surface area contributed by atoms with Crippen molar-refractivity contribution in [1.82, 2.24) is 5.32 Å². The molecule has 0 fully saturated rings. The maximum atomic E-state index is 11.9. The number of nitrogens with zero attached hydrogens (tertiary/aromatic N) is 1. The SMILES string of the molecule is CCc1ccccc1C(=O)NCCCCC#N. The summed E-state index contributed by atoms with van der Waals surface area (Å²) < 4.78 is 0. The molecule has 0 bridgehead atoms. The van der Waals surface area contributed by atoms with E-state index in [0.29, 0.717) is 13.0 Å². The summed E-state index contributed by atoms with van der Waals surface area (Å²) in [5, 5.41) is 11.3. The van der Waals surface area contributed by atoms with Crippen LogP contribution in [-0.4, -0.2) is 12.5 Å².